The zero-order valence-electron chi connectivity index (χ0n) is 9.16. The van der Waals surface area contributed by atoms with Crippen LogP contribution < -0.4 is 11.3 Å². The zero-order valence-corrected chi connectivity index (χ0v) is 11.6. The largest absolute Gasteiger partial charge is 0.271 e. The van der Waals surface area contributed by atoms with Crippen molar-refractivity contribution in [3.63, 3.8) is 0 Å². The van der Waals surface area contributed by atoms with Crippen LogP contribution >= 0.6 is 27.7 Å². The second-order valence-corrected chi connectivity index (χ2v) is 5.15. The molecular weight excluding hydrogens is 284 g/mol. The van der Waals surface area contributed by atoms with Gasteiger partial charge < -0.3 is 0 Å². The molecule has 1 aromatic rings. The number of rotatable bonds is 5. The number of halogens is 1. The van der Waals surface area contributed by atoms with E-state index in [1.165, 1.54) is 4.90 Å². The third-order valence-electron chi connectivity index (χ3n) is 2.04. The number of hydrazine groups is 1. The molecule has 0 fully saturated rings. The Kier molecular flexibility index (Phi) is 6.58. The third kappa shape index (κ3) is 4.58. The summed E-state index contributed by atoms with van der Waals surface area (Å²) in [6.45, 7) is 1.84. The van der Waals surface area contributed by atoms with Crippen LogP contribution in [0.2, 0.25) is 0 Å². The van der Waals surface area contributed by atoms with E-state index < -0.39 is 0 Å². The first-order chi connectivity index (χ1) is 7.77. The van der Waals surface area contributed by atoms with Crippen molar-refractivity contribution < 1.29 is 0 Å². The van der Waals surface area contributed by atoms with Crippen LogP contribution in [0.1, 0.15) is 13.3 Å². The highest BCUT2D eigenvalue weighted by molar-refractivity contribution is 9.10. The van der Waals surface area contributed by atoms with E-state index >= 15 is 0 Å². The summed E-state index contributed by atoms with van der Waals surface area (Å²) in [6, 6.07) is 8.40. The van der Waals surface area contributed by atoms with Gasteiger partial charge in [-0.25, -0.2) is 0 Å². The van der Waals surface area contributed by atoms with Gasteiger partial charge in [-0.2, -0.15) is 0 Å². The summed E-state index contributed by atoms with van der Waals surface area (Å²) >= 11 is 5.29. The predicted molar refractivity (Wildman–Crippen MR) is 74.0 cm³/mol. The quantitative estimate of drug-likeness (QED) is 0.380. The van der Waals surface area contributed by atoms with Gasteiger partial charge in [0.25, 0.3) is 0 Å². The lowest BCUT2D eigenvalue weighted by Gasteiger charge is -2.12. The van der Waals surface area contributed by atoms with Gasteiger partial charge in [-0.1, -0.05) is 12.1 Å². The highest BCUT2D eigenvalue weighted by Gasteiger charge is 2.06. The molecule has 0 amide bonds. The van der Waals surface area contributed by atoms with E-state index in [-0.39, 0.29) is 6.04 Å². The molecule has 1 unspecified atom stereocenters. The fraction of sp³-hybridized carbons (Fsp3) is 0.333. The second kappa shape index (κ2) is 7.75. The minimum Gasteiger partial charge on any atom is -0.271 e. The van der Waals surface area contributed by atoms with Crippen molar-refractivity contribution in [3.8, 4) is 11.8 Å². The molecule has 0 radical (unpaired) electrons. The van der Waals surface area contributed by atoms with E-state index in [4.69, 9.17) is 5.84 Å². The standard InChI is InChI=1S/C12H15BrN2S/c1-2-3-6-10(15-14)9-16-12-8-5-4-7-11(12)13/h4-5,7-8,10,15H,6,9,14H2,1H3. The van der Waals surface area contributed by atoms with Gasteiger partial charge in [-0.15, -0.1) is 23.6 Å². The van der Waals surface area contributed by atoms with E-state index in [1.807, 2.05) is 25.1 Å². The molecule has 0 heterocycles. The molecule has 1 atom stereocenters. The first-order valence-corrected chi connectivity index (χ1v) is 6.79. The molecule has 0 aliphatic rings. The average Bonchev–Trinajstić information content (AvgIpc) is 2.31. The van der Waals surface area contributed by atoms with Gasteiger partial charge >= 0.3 is 0 Å². The Morgan fingerprint density at radius 3 is 2.88 bits per heavy atom. The van der Waals surface area contributed by atoms with Gasteiger partial charge in [0.2, 0.25) is 0 Å². The summed E-state index contributed by atoms with van der Waals surface area (Å²) in [5, 5.41) is 0. The number of nitrogens with two attached hydrogens (primary N) is 1. The van der Waals surface area contributed by atoms with Gasteiger partial charge in [0.05, 0.1) is 0 Å². The molecule has 3 N–H and O–H groups in total. The van der Waals surface area contributed by atoms with Crippen LogP contribution in [0, 0.1) is 11.8 Å². The number of thioether (sulfide) groups is 1. The second-order valence-electron chi connectivity index (χ2n) is 3.24. The topological polar surface area (TPSA) is 38.0 Å². The Morgan fingerprint density at radius 1 is 1.50 bits per heavy atom. The van der Waals surface area contributed by atoms with Crippen molar-refractivity contribution in [2.24, 2.45) is 5.84 Å². The lowest BCUT2D eigenvalue weighted by Crippen LogP contribution is -2.36. The fourth-order valence-electron chi connectivity index (χ4n) is 1.14. The van der Waals surface area contributed by atoms with Crippen LogP contribution in [-0.2, 0) is 0 Å². The van der Waals surface area contributed by atoms with Gasteiger partial charge in [-0.05, 0) is 35.0 Å². The Bertz CT molecular complexity index is 384. The molecule has 0 saturated carbocycles. The minimum absolute atomic E-state index is 0.226. The number of hydrogen-bond donors (Lipinski definition) is 2. The molecule has 0 aliphatic heterocycles. The smallest absolute Gasteiger partial charge is 0.0413 e. The summed E-state index contributed by atoms with van der Waals surface area (Å²) in [6.07, 6.45) is 0.782. The van der Waals surface area contributed by atoms with E-state index in [0.717, 1.165) is 16.6 Å². The highest BCUT2D eigenvalue weighted by atomic mass is 79.9. The Hall–Kier alpha value is -0.470. The van der Waals surface area contributed by atoms with Crippen LogP contribution in [0.25, 0.3) is 0 Å². The van der Waals surface area contributed by atoms with Crippen molar-refractivity contribution in [3.05, 3.63) is 28.7 Å². The molecule has 1 aromatic carbocycles. The monoisotopic (exact) mass is 298 g/mol. The van der Waals surface area contributed by atoms with Crippen LogP contribution in [0.4, 0.5) is 0 Å². The van der Waals surface area contributed by atoms with Gasteiger partial charge in [0.15, 0.2) is 0 Å². The minimum atomic E-state index is 0.226. The Morgan fingerprint density at radius 2 is 2.25 bits per heavy atom. The van der Waals surface area contributed by atoms with Crippen LogP contribution in [-0.4, -0.2) is 11.8 Å². The maximum Gasteiger partial charge on any atom is 0.0413 e. The first kappa shape index (κ1) is 13.6. The normalized spacial score (nSPS) is 11.7. The van der Waals surface area contributed by atoms with Gasteiger partial charge in [-0.3, -0.25) is 11.3 Å². The molecule has 86 valence electrons. The maximum absolute atomic E-state index is 5.47. The molecule has 0 saturated heterocycles. The molecule has 0 bridgehead atoms. The molecule has 1 rings (SSSR count). The van der Waals surface area contributed by atoms with Crippen LogP contribution in [0.15, 0.2) is 33.6 Å². The highest BCUT2D eigenvalue weighted by Crippen LogP contribution is 2.27. The summed E-state index contributed by atoms with van der Waals surface area (Å²) < 4.78 is 1.12. The molecule has 2 nitrogen and oxygen atoms in total. The van der Waals surface area contributed by atoms with Gasteiger partial charge in [0, 0.05) is 27.6 Å². The van der Waals surface area contributed by atoms with E-state index in [2.05, 4.69) is 39.3 Å². The van der Waals surface area contributed by atoms with E-state index in [1.54, 1.807) is 11.8 Å². The van der Waals surface area contributed by atoms with E-state index in [9.17, 15) is 0 Å². The van der Waals surface area contributed by atoms with Crippen molar-refractivity contribution in [2.45, 2.75) is 24.3 Å². The van der Waals surface area contributed by atoms with Crippen LogP contribution in [0.5, 0.6) is 0 Å². The summed E-state index contributed by atoms with van der Waals surface area (Å²) in [5.74, 6) is 12.3. The van der Waals surface area contributed by atoms with Crippen LogP contribution in [0.3, 0.4) is 0 Å². The van der Waals surface area contributed by atoms with Crippen molar-refractivity contribution in [2.75, 3.05) is 5.75 Å². The average molecular weight is 299 g/mol. The number of benzene rings is 1. The van der Waals surface area contributed by atoms with Crippen molar-refractivity contribution >= 4 is 27.7 Å². The van der Waals surface area contributed by atoms with Crippen molar-refractivity contribution in [1.82, 2.24) is 5.43 Å². The van der Waals surface area contributed by atoms with E-state index in [0.29, 0.717) is 0 Å². The Balaban J connectivity index is 2.48. The van der Waals surface area contributed by atoms with Crippen molar-refractivity contribution in [1.29, 1.82) is 0 Å². The molecule has 16 heavy (non-hydrogen) atoms. The summed E-state index contributed by atoms with van der Waals surface area (Å²) in [5.41, 5.74) is 2.79. The molecule has 0 aromatic heterocycles. The Labute approximate surface area is 109 Å². The molecule has 0 spiro atoms. The number of hydrogen-bond acceptors (Lipinski definition) is 3. The fourth-order valence-corrected chi connectivity index (χ4v) is 2.75. The zero-order chi connectivity index (χ0) is 11.8. The lowest BCUT2D eigenvalue weighted by molar-refractivity contribution is 0.591. The molecular formula is C12H15BrN2S. The SMILES string of the molecule is CC#CCC(CSc1ccccc1Br)NN. The molecule has 4 heteroatoms. The first-order valence-electron chi connectivity index (χ1n) is 5.01. The van der Waals surface area contributed by atoms with Gasteiger partial charge in [0.1, 0.15) is 0 Å². The summed E-state index contributed by atoms with van der Waals surface area (Å²) in [4.78, 5) is 1.23. The number of nitrogens with one attached hydrogen (secondary N) is 1. The maximum atomic E-state index is 5.47. The predicted octanol–water partition coefficient (Wildman–Crippen LogP) is 2.79. The third-order valence-corrected chi connectivity index (χ3v) is 4.23. The summed E-state index contributed by atoms with van der Waals surface area (Å²) in [7, 11) is 0. The molecule has 0 aliphatic carbocycles. The lowest BCUT2D eigenvalue weighted by atomic mass is 10.2.